The zero-order chi connectivity index (χ0) is 20.5. The van der Waals surface area contributed by atoms with Crippen LogP contribution in [-0.2, 0) is 6.42 Å². The van der Waals surface area contributed by atoms with Gasteiger partial charge in [-0.1, -0.05) is 30.3 Å². The smallest absolute Gasteiger partial charge is 0.275 e. The van der Waals surface area contributed by atoms with Crippen LogP contribution in [0.3, 0.4) is 0 Å². The fourth-order valence-corrected chi connectivity index (χ4v) is 2.80. The molecule has 0 aliphatic rings. The molecule has 0 spiro atoms. The molecule has 7 heteroatoms. The van der Waals surface area contributed by atoms with Gasteiger partial charge in [0, 0.05) is 18.3 Å². The van der Waals surface area contributed by atoms with E-state index in [0.717, 1.165) is 19.4 Å². The van der Waals surface area contributed by atoms with Crippen molar-refractivity contribution in [2.24, 2.45) is 0 Å². The Morgan fingerprint density at radius 2 is 1.76 bits per heavy atom. The zero-order valence-electron chi connectivity index (χ0n) is 16.5. The van der Waals surface area contributed by atoms with Gasteiger partial charge in [0.15, 0.2) is 11.5 Å². The van der Waals surface area contributed by atoms with Crippen molar-refractivity contribution < 1.29 is 14.3 Å². The first kappa shape index (κ1) is 20.1. The molecule has 0 bridgehead atoms. The molecule has 0 saturated heterocycles. The van der Waals surface area contributed by atoms with Gasteiger partial charge in [-0.2, -0.15) is 0 Å². The summed E-state index contributed by atoms with van der Waals surface area (Å²) in [7, 11) is 3.10. The number of rotatable bonds is 9. The Morgan fingerprint density at radius 1 is 0.966 bits per heavy atom. The Hall–Kier alpha value is -3.61. The number of hydrogen-bond acceptors (Lipinski definition) is 6. The van der Waals surface area contributed by atoms with E-state index in [4.69, 9.17) is 9.47 Å². The molecule has 29 heavy (non-hydrogen) atoms. The molecule has 0 aliphatic heterocycles. The number of carbonyl (C=O) groups is 1. The normalized spacial score (nSPS) is 10.3. The third-order valence-electron chi connectivity index (χ3n) is 4.32. The minimum absolute atomic E-state index is 0.231. The lowest BCUT2D eigenvalue weighted by Crippen LogP contribution is -2.15. The van der Waals surface area contributed by atoms with Crippen LogP contribution >= 0.6 is 0 Å². The molecule has 0 fully saturated rings. The molecule has 0 atom stereocenters. The van der Waals surface area contributed by atoms with Gasteiger partial charge in [0.2, 0.25) is 0 Å². The fourth-order valence-electron chi connectivity index (χ4n) is 2.80. The summed E-state index contributed by atoms with van der Waals surface area (Å²) >= 11 is 0. The Kier molecular flexibility index (Phi) is 7.00. The fraction of sp³-hybridized carbons (Fsp3) is 0.227. The van der Waals surface area contributed by atoms with Crippen LogP contribution in [0.15, 0.2) is 60.9 Å². The van der Waals surface area contributed by atoms with Crippen LogP contribution in [0.2, 0.25) is 0 Å². The molecule has 2 N–H and O–H groups in total. The summed E-state index contributed by atoms with van der Waals surface area (Å²) in [4.78, 5) is 20.9. The number of ether oxygens (including phenoxy) is 2. The van der Waals surface area contributed by atoms with Crippen LogP contribution < -0.4 is 20.1 Å². The Morgan fingerprint density at radius 3 is 2.45 bits per heavy atom. The molecule has 0 aliphatic carbocycles. The number of aryl methyl sites for hydroxylation is 1. The van der Waals surface area contributed by atoms with Crippen LogP contribution in [0.1, 0.15) is 22.5 Å². The largest absolute Gasteiger partial charge is 0.493 e. The number of hydrogen-bond donors (Lipinski definition) is 2. The van der Waals surface area contributed by atoms with Gasteiger partial charge in [-0.05, 0) is 30.5 Å². The second-order valence-electron chi connectivity index (χ2n) is 6.33. The molecule has 3 rings (SSSR count). The van der Waals surface area contributed by atoms with Crippen molar-refractivity contribution in [3.05, 3.63) is 72.2 Å². The minimum Gasteiger partial charge on any atom is -0.493 e. The van der Waals surface area contributed by atoms with E-state index < -0.39 is 0 Å². The summed E-state index contributed by atoms with van der Waals surface area (Å²) < 4.78 is 10.4. The number of aromatic nitrogens is 2. The maximum absolute atomic E-state index is 12.4. The van der Waals surface area contributed by atoms with Crippen LogP contribution in [0.4, 0.5) is 11.5 Å². The van der Waals surface area contributed by atoms with Crippen molar-refractivity contribution in [1.82, 2.24) is 9.97 Å². The lowest BCUT2D eigenvalue weighted by molar-refractivity contribution is 0.102. The van der Waals surface area contributed by atoms with E-state index >= 15 is 0 Å². The van der Waals surface area contributed by atoms with E-state index in [1.807, 2.05) is 18.2 Å². The van der Waals surface area contributed by atoms with Crippen LogP contribution in [0.5, 0.6) is 11.5 Å². The van der Waals surface area contributed by atoms with Crippen LogP contribution in [-0.4, -0.2) is 36.6 Å². The van der Waals surface area contributed by atoms with E-state index in [0.29, 0.717) is 23.0 Å². The summed E-state index contributed by atoms with van der Waals surface area (Å²) in [5, 5.41) is 6.00. The second kappa shape index (κ2) is 10.1. The number of methoxy groups -OCH3 is 2. The SMILES string of the molecule is COc1ccc(NC(=O)c2cnc(NCCCc3ccccc3)cn2)cc1OC. The molecule has 1 heterocycles. The average Bonchev–Trinajstić information content (AvgIpc) is 2.77. The third-order valence-corrected chi connectivity index (χ3v) is 4.32. The molecule has 0 unspecified atom stereocenters. The summed E-state index contributed by atoms with van der Waals surface area (Å²) in [6, 6.07) is 15.5. The Bertz CT molecular complexity index is 931. The average molecular weight is 392 g/mol. The van der Waals surface area contributed by atoms with Crippen molar-refractivity contribution in [2.45, 2.75) is 12.8 Å². The summed E-state index contributed by atoms with van der Waals surface area (Å²) in [5.41, 5.74) is 2.12. The van der Waals surface area contributed by atoms with Crippen molar-refractivity contribution in [1.29, 1.82) is 0 Å². The van der Waals surface area contributed by atoms with Crippen molar-refractivity contribution in [3.63, 3.8) is 0 Å². The molecule has 0 saturated carbocycles. The van der Waals surface area contributed by atoms with Gasteiger partial charge in [0.05, 0.1) is 26.6 Å². The highest BCUT2D eigenvalue weighted by Gasteiger charge is 2.11. The van der Waals surface area contributed by atoms with Crippen molar-refractivity contribution in [2.75, 3.05) is 31.4 Å². The first-order valence-corrected chi connectivity index (χ1v) is 9.33. The quantitative estimate of drug-likeness (QED) is 0.539. The zero-order valence-corrected chi connectivity index (χ0v) is 16.5. The predicted molar refractivity (Wildman–Crippen MR) is 113 cm³/mol. The lowest BCUT2D eigenvalue weighted by atomic mass is 10.1. The van der Waals surface area contributed by atoms with Crippen molar-refractivity contribution in [3.8, 4) is 11.5 Å². The molecular weight excluding hydrogens is 368 g/mol. The number of benzene rings is 2. The van der Waals surface area contributed by atoms with Crippen LogP contribution in [0.25, 0.3) is 0 Å². The van der Waals surface area contributed by atoms with E-state index in [1.54, 1.807) is 38.6 Å². The predicted octanol–water partition coefficient (Wildman–Crippen LogP) is 3.79. The highest BCUT2D eigenvalue weighted by molar-refractivity contribution is 6.02. The summed E-state index contributed by atoms with van der Waals surface area (Å²) in [5.74, 6) is 1.42. The highest BCUT2D eigenvalue weighted by Crippen LogP contribution is 2.29. The van der Waals surface area contributed by atoms with Gasteiger partial charge in [-0.15, -0.1) is 0 Å². The molecule has 7 nitrogen and oxygen atoms in total. The molecule has 0 radical (unpaired) electrons. The molecule has 1 aromatic heterocycles. The molecular formula is C22H24N4O3. The first-order valence-electron chi connectivity index (χ1n) is 9.33. The van der Waals surface area contributed by atoms with Gasteiger partial charge in [0.1, 0.15) is 11.5 Å². The van der Waals surface area contributed by atoms with E-state index in [-0.39, 0.29) is 11.6 Å². The van der Waals surface area contributed by atoms with E-state index in [2.05, 4.69) is 32.7 Å². The Labute approximate surface area is 170 Å². The Balaban J connectivity index is 1.51. The van der Waals surface area contributed by atoms with Crippen molar-refractivity contribution >= 4 is 17.4 Å². The van der Waals surface area contributed by atoms with Gasteiger partial charge < -0.3 is 20.1 Å². The van der Waals surface area contributed by atoms with E-state index in [9.17, 15) is 4.79 Å². The number of amides is 1. The van der Waals surface area contributed by atoms with Gasteiger partial charge >= 0.3 is 0 Å². The standard InChI is InChI=1S/C22H24N4O3/c1-28-19-11-10-17(13-20(19)29-2)26-22(27)18-14-25-21(15-24-18)23-12-6-9-16-7-4-3-5-8-16/h3-5,7-8,10-11,13-15H,6,9,12H2,1-2H3,(H,23,25)(H,26,27). The summed E-state index contributed by atoms with van der Waals surface area (Å²) in [6.07, 6.45) is 4.99. The van der Waals surface area contributed by atoms with Gasteiger partial charge in [-0.25, -0.2) is 9.97 Å². The third kappa shape index (κ3) is 5.68. The molecule has 1 amide bonds. The molecule has 3 aromatic rings. The first-order chi connectivity index (χ1) is 14.2. The molecule has 2 aromatic carbocycles. The topological polar surface area (TPSA) is 85.4 Å². The molecule has 150 valence electrons. The minimum atomic E-state index is -0.347. The highest BCUT2D eigenvalue weighted by atomic mass is 16.5. The van der Waals surface area contributed by atoms with E-state index in [1.165, 1.54) is 11.8 Å². The maximum atomic E-state index is 12.4. The number of nitrogens with zero attached hydrogens (tertiary/aromatic N) is 2. The number of nitrogens with one attached hydrogen (secondary N) is 2. The number of anilines is 2. The second-order valence-corrected chi connectivity index (χ2v) is 6.33. The maximum Gasteiger partial charge on any atom is 0.275 e. The van der Waals surface area contributed by atoms with Gasteiger partial charge in [0.25, 0.3) is 5.91 Å². The summed E-state index contributed by atoms with van der Waals surface area (Å²) in [6.45, 7) is 0.779. The lowest BCUT2D eigenvalue weighted by Gasteiger charge is -2.10. The number of carbonyl (C=O) groups excluding carboxylic acids is 1. The monoisotopic (exact) mass is 392 g/mol. The van der Waals surface area contributed by atoms with Gasteiger partial charge in [-0.3, -0.25) is 4.79 Å². The van der Waals surface area contributed by atoms with Crippen LogP contribution in [0, 0.1) is 0 Å².